The van der Waals surface area contributed by atoms with E-state index in [0.29, 0.717) is 18.3 Å². The van der Waals surface area contributed by atoms with Crippen LogP contribution in [-0.2, 0) is 11.2 Å². The van der Waals surface area contributed by atoms with Crippen LogP contribution in [0, 0.1) is 0 Å². The van der Waals surface area contributed by atoms with Gasteiger partial charge in [0.05, 0.1) is 5.69 Å². The number of carboxylic acid groups (broad SMARTS) is 1. The molecule has 0 aliphatic carbocycles. The Morgan fingerprint density at radius 3 is 2.38 bits per heavy atom. The van der Waals surface area contributed by atoms with Crippen LogP contribution in [-0.4, -0.2) is 21.3 Å². The lowest BCUT2D eigenvalue weighted by molar-refractivity contribution is -0.136. The van der Waals surface area contributed by atoms with Crippen LogP contribution in [0.15, 0.2) is 0 Å². The van der Waals surface area contributed by atoms with E-state index < -0.39 is 5.97 Å². The summed E-state index contributed by atoms with van der Waals surface area (Å²) < 4.78 is 0. The van der Waals surface area contributed by atoms with Crippen molar-refractivity contribution in [2.45, 2.75) is 52.4 Å². The average Bonchev–Trinajstić information content (AvgIpc) is 2.57. The maximum absolute atomic E-state index is 10.6. The minimum atomic E-state index is -0.759. The predicted octanol–water partition coefficient (Wildman–Crippen LogP) is 2.67. The maximum Gasteiger partial charge on any atom is 0.303 e. The first-order chi connectivity index (χ1) is 7.43. The minimum absolute atomic E-state index is 0.166. The summed E-state index contributed by atoms with van der Waals surface area (Å²) in [4.78, 5) is 10.6. The zero-order valence-corrected chi connectivity index (χ0v) is 10.4. The van der Waals surface area contributed by atoms with Crippen molar-refractivity contribution in [3.05, 3.63) is 17.0 Å². The smallest absolute Gasteiger partial charge is 0.303 e. The van der Waals surface area contributed by atoms with Gasteiger partial charge in [0.2, 0.25) is 0 Å². The first-order valence-corrected chi connectivity index (χ1v) is 5.72. The number of aliphatic carboxylic acids is 1. The number of rotatable bonds is 5. The second kappa shape index (κ2) is 5.14. The van der Waals surface area contributed by atoms with E-state index in [2.05, 4.69) is 37.9 Å². The van der Waals surface area contributed by atoms with Gasteiger partial charge in [-0.15, -0.1) is 0 Å². The van der Waals surface area contributed by atoms with Gasteiger partial charge in [0.1, 0.15) is 0 Å². The maximum atomic E-state index is 10.6. The van der Waals surface area contributed by atoms with Gasteiger partial charge in [-0.05, 0) is 23.8 Å². The van der Waals surface area contributed by atoms with E-state index in [1.807, 2.05) is 0 Å². The van der Waals surface area contributed by atoms with Crippen molar-refractivity contribution in [1.29, 1.82) is 0 Å². The number of aromatic nitrogens is 2. The molecular weight excluding hydrogens is 204 g/mol. The van der Waals surface area contributed by atoms with Crippen LogP contribution in [0.2, 0.25) is 0 Å². The highest BCUT2D eigenvalue weighted by Crippen LogP contribution is 2.26. The average molecular weight is 224 g/mol. The molecule has 0 saturated heterocycles. The summed E-state index contributed by atoms with van der Waals surface area (Å²) in [6.45, 7) is 8.32. The van der Waals surface area contributed by atoms with Crippen LogP contribution >= 0.6 is 0 Å². The van der Waals surface area contributed by atoms with E-state index in [1.54, 1.807) is 0 Å². The van der Waals surface area contributed by atoms with E-state index in [0.717, 1.165) is 17.0 Å². The van der Waals surface area contributed by atoms with Crippen molar-refractivity contribution in [1.82, 2.24) is 10.2 Å². The zero-order valence-electron chi connectivity index (χ0n) is 10.4. The van der Waals surface area contributed by atoms with E-state index in [-0.39, 0.29) is 6.42 Å². The fourth-order valence-electron chi connectivity index (χ4n) is 1.84. The lowest BCUT2D eigenvalue weighted by Gasteiger charge is -2.08. The molecule has 0 bridgehead atoms. The summed E-state index contributed by atoms with van der Waals surface area (Å²) in [5.74, 6) is -0.0815. The van der Waals surface area contributed by atoms with Crippen LogP contribution in [0.1, 0.15) is 62.9 Å². The van der Waals surface area contributed by atoms with Crippen LogP contribution < -0.4 is 0 Å². The number of carboxylic acids is 1. The van der Waals surface area contributed by atoms with Gasteiger partial charge < -0.3 is 5.11 Å². The molecule has 4 heteroatoms. The van der Waals surface area contributed by atoms with Crippen molar-refractivity contribution >= 4 is 5.97 Å². The van der Waals surface area contributed by atoms with Crippen LogP contribution in [0.5, 0.6) is 0 Å². The first-order valence-electron chi connectivity index (χ1n) is 5.72. The van der Waals surface area contributed by atoms with Gasteiger partial charge in [0.15, 0.2) is 0 Å². The van der Waals surface area contributed by atoms with E-state index in [4.69, 9.17) is 5.11 Å². The topological polar surface area (TPSA) is 66.0 Å². The molecule has 0 saturated carbocycles. The molecule has 1 aromatic heterocycles. The molecule has 1 heterocycles. The van der Waals surface area contributed by atoms with Crippen LogP contribution in [0.3, 0.4) is 0 Å². The Labute approximate surface area is 96.1 Å². The van der Waals surface area contributed by atoms with E-state index in [1.165, 1.54) is 0 Å². The van der Waals surface area contributed by atoms with Crippen molar-refractivity contribution in [2.75, 3.05) is 0 Å². The normalized spacial score (nSPS) is 11.4. The molecule has 1 aromatic rings. The third-order valence-electron chi connectivity index (χ3n) is 2.64. The molecule has 0 amide bonds. The van der Waals surface area contributed by atoms with Gasteiger partial charge in [0, 0.05) is 12.1 Å². The highest BCUT2D eigenvalue weighted by Gasteiger charge is 2.18. The van der Waals surface area contributed by atoms with Crippen molar-refractivity contribution in [3.8, 4) is 0 Å². The quantitative estimate of drug-likeness (QED) is 0.808. The molecule has 0 spiro atoms. The largest absolute Gasteiger partial charge is 0.481 e. The van der Waals surface area contributed by atoms with Gasteiger partial charge in [0.25, 0.3) is 0 Å². The Hall–Kier alpha value is -1.32. The molecule has 1 rings (SSSR count). The van der Waals surface area contributed by atoms with Crippen molar-refractivity contribution in [2.24, 2.45) is 0 Å². The van der Waals surface area contributed by atoms with E-state index >= 15 is 0 Å². The fraction of sp³-hybridized carbons (Fsp3) is 0.667. The number of hydrogen-bond acceptors (Lipinski definition) is 2. The van der Waals surface area contributed by atoms with Gasteiger partial charge >= 0.3 is 5.97 Å². The lowest BCUT2D eigenvalue weighted by atomic mass is 9.96. The number of nitrogens with one attached hydrogen (secondary N) is 1. The summed E-state index contributed by atoms with van der Waals surface area (Å²) in [6.07, 6.45) is 0.728. The number of aromatic amines is 1. The number of hydrogen-bond donors (Lipinski definition) is 2. The molecule has 90 valence electrons. The highest BCUT2D eigenvalue weighted by molar-refractivity contribution is 5.67. The molecule has 0 aliphatic heterocycles. The summed E-state index contributed by atoms with van der Waals surface area (Å²) in [5, 5.41) is 16.1. The highest BCUT2D eigenvalue weighted by atomic mass is 16.4. The summed E-state index contributed by atoms with van der Waals surface area (Å²) in [5.41, 5.74) is 3.17. The summed E-state index contributed by atoms with van der Waals surface area (Å²) >= 11 is 0. The van der Waals surface area contributed by atoms with Gasteiger partial charge in [-0.3, -0.25) is 9.89 Å². The molecule has 0 radical (unpaired) electrons. The third kappa shape index (κ3) is 2.84. The molecule has 0 aliphatic rings. The van der Waals surface area contributed by atoms with Gasteiger partial charge in [-0.25, -0.2) is 0 Å². The Kier molecular flexibility index (Phi) is 4.10. The first kappa shape index (κ1) is 12.7. The summed E-state index contributed by atoms with van der Waals surface area (Å²) in [6, 6.07) is 0. The number of nitrogens with zero attached hydrogens (tertiary/aromatic N) is 1. The molecule has 0 atom stereocenters. The zero-order chi connectivity index (χ0) is 12.3. The Morgan fingerprint density at radius 2 is 1.94 bits per heavy atom. The second-order valence-corrected chi connectivity index (χ2v) is 4.70. The van der Waals surface area contributed by atoms with Gasteiger partial charge in [-0.1, -0.05) is 27.7 Å². The monoisotopic (exact) mass is 224 g/mol. The second-order valence-electron chi connectivity index (χ2n) is 4.70. The molecular formula is C12H20N2O2. The minimum Gasteiger partial charge on any atom is -0.481 e. The summed E-state index contributed by atoms with van der Waals surface area (Å²) in [7, 11) is 0. The third-order valence-corrected chi connectivity index (χ3v) is 2.64. The van der Waals surface area contributed by atoms with Crippen molar-refractivity contribution in [3.63, 3.8) is 0 Å². The van der Waals surface area contributed by atoms with Crippen LogP contribution in [0.4, 0.5) is 0 Å². The predicted molar refractivity (Wildman–Crippen MR) is 62.7 cm³/mol. The van der Waals surface area contributed by atoms with E-state index in [9.17, 15) is 4.79 Å². The fourth-order valence-corrected chi connectivity index (χ4v) is 1.84. The molecule has 16 heavy (non-hydrogen) atoms. The molecule has 0 unspecified atom stereocenters. The lowest BCUT2D eigenvalue weighted by Crippen LogP contribution is -2.03. The number of H-pyrrole nitrogens is 1. The number of carbonyl (C=O) groups is 1. The van der Waals surface area contributed by atoms with Gasteiger partial charge in [-0.2, -0.15) is 5.10 Å². The molecule has 0 aromatic carbocycles. The SMILES string of the molecule is CC(C)c1n[nH]c(C(C)C)c1CCC(=O)O. The van der Waals surface area contributed by atoms with Crippen LogP contribution in [0.25, 0.3) is 0 Å². The standard InChI is InChI=1S/C12H20N2O2/c1-7(2)11-9(5-6-10(15)16)12(8(3)4)14-13-11/h7-8H,5-6H2,1-4H3,(H,13,14)(H,15,16). The van der Waals surface area contributed by atoms with Crippen molar-refractivity contribution < 1.29 is 9.90 Å². The Balaban J connectivity index is 2.99. The molecule has 0 fully saturated rings. The Morgan fingerprint density at radius 1 is 1.31 bits per heavy atom. The molecule has 4 nitrogen and oxygen atoms in total. The Bertz CT molecular complexity index is 342. The molecule has 2 N–H and O–H groups in total.